The van der Waals surface area contributed by atoms with E-state index < -0.39 is 0 Å². The van der Waals surface area contributed by atoms with Crippen molar-refractivity contribution in [2.45, 2.75) is 37.6 Å². The van der Waals surface area contributed by atoms with E-state index in [1.54, 1.807) is 7.11 Å². The normalized spacial score (nSPS) is 18.5. The lowest BCUT2D eigenvalue weighted by Gasteiger charge is -2.43. The number of rotatable bonds is 8. The molecule has 1 fully saturated rings. The molecule has 0 atom stereocenters. The first-order valence-electron chi connectivity index (χ1n) is 7.11. The molecule has 1 aliphatic rings. The Bertz CT molecular complexity index is 263. The summed E-state index contributed by atoms with van der Waals surface area (Å²) in [5, 5.41) is 3.01. The number of methoxy groups -OCH3 is 1. The summed E-state index contributed by atoms with van der Waals surface area (Å²) >= 11 is 0. The Labute approximate surface area is 116 Å². The predicted octanol–water partition coefficient (Wildman–Crippen LogP) is 1.03. The van der Waals surface area contributed by atoms with E-state index in [-0.39, 0.29) is 18.1 Å². The minimum atomic E-state index is -0.0390. The number of nitrogens with zero attached hydrogens (tertiary/aromatic N) is 1. The maximum atomic E-state index is 11.7. The highest BCUT2D eigenvalue weighted by molar-refractivity contribution is 5.77. The van der Waals surface area contributed by atoms with Gasteiger partial charge in [0, 0.05) is 19.2 Å². The molecule has 0 aromatic heterocycles. The standard InChI is InChI=1S/C14H28N2O3/c1-16(2)14(7-5-4-6-8-14)12-15-13(17)11-19-10-9-18-3/h4-12H2,1-3H3,(H,15,17). The number of likely N-dealkylation sites (N-methyl/N-ethyl adjacent to an activating group) is 1. The van der Waals surface area contributed by atoms with E-state index in [2.05, 4.69) is 24.3 Å². The summed E-state index contributed by atoms with van der Waals surface area (Å²) in [5.41, 5.74) is 0.125. The fourth-order valence-corrected chi connectivity index (χ4v) is 2.61. The molecule has 5 nitrogen and oxygen atoms in total. The number of ether oxygens (including phenoxy) is 2. The molecule has 0 aromatic carbocycles. The third-order valence-corrected chi connectivity index (χ3v) is 4.01. The summed E-state index contributed by atoms with van der Waals surface area (Å²) in [4.78, 5) is 14.0. The zero-order valence-corrected chi connectivity index (χ0v) is 12.5. The number of hydrogen-bond acceptors (Lipinski definition) is 4. The van der Waals surface area contributed by atoms with Crippen LogP contribution in [-0.4, -0.2) is 63.9 Å². The van der Waals surface area contributed by atoms with Crippen molar-refractivity contribution in [2.24, 2.45) is 0 Å². The minimum Gasteiger partial charge on any atom is -0.382 e. The number of amides is 1. The predicted molar refractivity (Wildman–Crippen MR) is 75.2 cm³/mol. The molecule has 0 unspecified atom stereocenters. The number of nitrogens with one attached hydrogen (secondary N) is 1. The lowest BCUT2D eigenvalue weighted by Crippen LogP contribution is -2.54. The van der Waals surface area contributed by atoms with Crippen molar-refractivity contribution in [3.63, 3.8) is 0 Å². The number of carbonyl (C=O) groups excluding carboxylic acids is 1. The first-order chi connectivity index (χ1) is 9.10. The summed E-state index contributed by atoms with van der Waals surface area (Å²) in [5.74, 6) is -0.0390. The monoisotopic (exact) mass is 272 g/mol. The topological polar surface area (TPSA) is 50.8 Å². The minimum absolute atomic E-state index is 0.0390. The summed E-state index contributed by atoms with van der Waals surface area (Å²) in [6.07, 6.45) is 6.12. The Morgan fingerprint density at radius 1 is 1.21 bits per heavy atom. The fourth-order valence-electron chi connectivity index (χ4n) is 2.61. The molecule has 1 amide bonds. The van der Waals surface area contributed by atoms with Crippen LogP contribution < -0.4 is 5.32 Å². The molecular weight excluding hydrogens is 244 g/mol. The molecule has 0 heterocycles. The smallest absolute Gasteiger partial charge is 0.246 e. The fraction of sp³-hybridized carbons (Fsp3) is 0.929. The van der Waals surface area contributed by atoms with Crippen LogP contribution in [0.3, 0.4) is 0 Å². The molecule has 1 saturated carbocycles. The second-order valence-corrected chi connectivity index (χ2v) is 5.50. The largest absolute Gasteiger partial charge is 0.382 e. The lowest BCUT2D eigenvalue weighted by atomic mass is 9.80. The van der Waals surface area contributed by atoms with Gasteiger partial charge in [-0.1, -0.05) is 19.3 Å². The van der Waals surface area contributed by atoms with Crippen molar-refractivity contribution in [3.8, 4) is 0 Å². The third kappa shape index (κ3) is 5.47. The molecule has 0 aliphatic heterocycles. The van der Waals surface area contributed by atoms with Crippen LogP contribution in [0.15, 0.2) is 0 Å². The Balaban J connectivity index is 2.29. The average molecular weight is 272 g/mol. The molecule has 112 valence electrons. The van der Waals surface area contributed by atoms with Gasteiger partial charge in [0.15, 0.2) is 0 Å². The third-order valence-electron chi connectivity index (χ3n) is 4.01. The van der Waals surface area contributed by atoms with E-state index in [0.29, 0.717) is 19.8 Å². The van der Waals surface area contributed by atoms with Gasteiger partial charge in [0.2, 0.25) is 5.91 Å². The molecule has 0 saturated heterocycles. The molecule has 0 bridgehead atoms. The second-order valence-electron chi connectivity index (χ2n) is 5.50. The van der Waals surface area contributed by atoms with E-state index in [0.717, 1.165) is 12.8 Å². The zero-order valence-electron chi connectivity index (χ0n) is 12.5. The summed E-state index contributed by atoms with van der Waals surface area (Å²) in [7, 11) is 5.83. The van der Waals surface area contributed by atoms with E-state index >= 15 is 0 Å². The van der Waals surface area contributed by atoms with Gasteiger partial charge in [0.25, 0.3) is 0 Å². The first-order valence-corrected chi connectivity index (χ1v) is 7.11. The lowest BCUT2D eigenvalue weighted by molar-refractivity contribution is -0.126. The van der Waals surface area contributed by atoms with Gasteiger partial charge in [-0.05, 0) is 26.9 Å². The summed E-state index contributed by atoms with van der Waals surface area (Å²) < 4.78 is 10.1. The Kier molecular flexibility index (Phi) is 7.34. The van der Waals surface area contributed by atoms with Crippen molar-refractivity contribution >= 4 is 5.91 Å². The van der Waals surface area contributed by atoms with Crippen LogP contribution >= 0.6 is 0 Å². The van der Waals surface area contributed by atoms with Crippen molar-refractivity contribution in [1.82, 2.24) is 10.2 Å². The van der Waals surface area contributed by atoms with E-state index in [4.69, 9.17) is 9.47 Å². The molecule has 5 heteroatoms. The quantitative estimate of drug-likeness (QED) is 0.671. The van der Waals surface area contributed by atoms with Crippen LogP contribution in [0.2, 0.25) is 0 Å². The summed E-state index contributed by atoms with van der Waals surface area (Å²) in [6, 6.07) is 0. The molecular formula is C14H28N2O3. The maximum absolute atomic E-state index is 11.7. The molecule has 0 aromatic rings. The van der Waals surface area contributed by atoms with Gasteiger partial charge in [-0.25, -0.2) is 0 Å². The zero-order chi connectivity index (χ0) is 14.1. The van der Waals surface area contributed by atoms with Crippen LogP contribution in [0, 0.1) is 0 Å². The first kappa shape index (κ1) is 16.4. The number of carbonyl (C=O) groups is 1. The Morgan fingerprint density at radius 3 is 2.47 bits per heavy atom. The highest BCUT2D eigenvalue weighted by Crippen LogP contribution is 2.31. The van der Waals surface area contributed by atoms with Crippen molar-refractivity contribution in [1.29, 1.82) is 0 Å². The van der Waals surface area contributed by atoms with Gasteiger partial charge < -0.3 is 19.7 Å². The SMILES string of the molecule is COCCOCC(=O)NCC1(N(C)C)CCCCC1. The second kappa shape index (κ2) is 8.51. The highest BCUT2D eigenvalue weighted by atomic mass is 16.5. The molecule has 1 N–H and O–H groups in total. The van der Waals surface area contributed by atoms with E-state index in [1.165, 1.54) is 19.3 Å². The number of hydrogen-bond donors (Lipinski definition) is 1. The van der Waals surface area contributed by atoms with Gasteiger partial charge >= 0.3 is 0 Å². The van der Waals surface area contributed by atoms with Crippen LogP contribution in [-0.2, 0) is 14.3 Å². The van der Waals surface area contributed by atoms with E-state index in [1.807, 2.05) is 0 Å². The Morgan fingerprint density at radius 2 is 1.89 bits per heavy atom. The van der Waals surface area contributed by atoms with Crippen LogP contribution in [0.1, 0.15) is 32.1 Å². The molecule has 1 rings (SSSR count). The van der Waals surface area contributed by atoms with Crippen molar-refractivity contribution in [3.05, 3.63) is 0 Å². The van der Waals surface area contributed by atoms with Gasteiger partial charge in [-0.2, -0.15) is 0 Å². The van der Waals surface area contributed by atoms with E-state index in [9.17, 15) is 4.79 Å². The van der Waals surface area contributed by atoms with Gasteiger partial charge in [0.05, 0.1) is 13.2 Å². The van der Waals surface area contributed by atoms with Crippen LogP contribution in [0.4, 0.5) is 0 Å². The average Bonchev–Trinajstić information content (AvgIpc) is 2.42. The maximum Gasteiger partial charge on any atom is 0.246 e. The van der Waals surface area contributed by atoms with Gasteiger partial charge in [0.1, 0.15) is 6.61 Å². The van der Waals surface area contributed by atoms with Crippen LogP contribution in [0.5, 0.6) is 0 Å². The van der Waals surface area contributed by atoms with Gasteiger partial charge in [-0.15, -0.1) is 0 Å². The summed E-state index contributed by atoms with van der Waals surface area (Å²) in [6.45, 7) is 1.82. The highest BCUT2D eigenvalue weighted by Gasteiger charge is 2.34. The molecule has 19 heavy (non-hydrogen) atoms. The molecule has 1 aliphatic carbocycles. The molecule has 0 radical (unpaired) electrons. The van der Waals surface area contributed by atoms with Crippen LogP contribution in [0.25, 0.3) is 0 Å². The van der Waals surface area contributed by atoms with Crippen molar-refractivity contribution in [2.75, 3.05) is 47.6 Å². The Hall–Kier alpha value is -0.650. The van der Waals surface area contributed by atoms with Gasteiger partial charge in [-0.3, -0.25) is 4.79 Å². The molecule has 0 spiro atoms. The van der Waals surface area contributed by atoms with Crippen molar-refractivity contribution < 1.29 is 14.3 Å².